The van der Waals surface area contributed by atoms with E-state index >= 15 is 0 Å². The number of carbonyl (C=O) groups is 1. The predicted molar refractivity (Wildman–Crippen MR) is 84.4 cm³/mol. The Morgan fingerprint density at radius 3 is 2.78 bits per heavy atom. The highest BCUT2D eigenvalue weighted by Gasteiger charge is 2.23. The first-order valence-corrected chi connectivity index (χ1v) is 7.00. The van der Waals surface area contributed by atoms with Crippen molar-refractivity contribution in [1.82, 2.24) is 10.2 Å². The number of carbonyl (C=O) groups excluding carboxylic acids is 1. The number of halogens is 2. The summed E-state index contributed by atoms with van der Waals surface area (Å²) in [5.41, 5.74) is 0.807. The number of nitrogens with zero attached hydrogens (tertiary/aromatic N) is 1. The van der Waals surface area contributed by atoms with Crippen LogP contribution in [0.25, 0.3) is 0 Å². The third-order valence-electron chi connectivity index (χ3n) is 3.24. The Morgan fingerprint density at radius 1 is 1.44 bits per heavy atom. The zero-order chi connectivity index (χ0) is 12.3. The molecule has 3 nitrogen and oxygen atoms in total. The van der Waals surface area contributed by atoms with E-state index < -0.39 is 0 Å². The molecule has 1 N–H and O–H groups in total. The largest absolute Gasteiger partial charge is 0.337 e. The zero-order valence-electron chi connectivity index (χ0n) is 10.4. The number of likely N-dealkylation sites (N-methyl/N-ethyl adjacent to an activating group) is 1. The summed E-state index contributed by atoms with van der Waals surface area (Å²) in [6.45, 7) is 1.98. The minimum Gasteiger partial charge on any atom is -0.337 e. The van der Waals surface area contributed by atoms with Gasteiger partial charge in [0.1, 0.15) is 0 Å². The molecule has 2 rings (SSSR count). The van der Waals surface area contributed by atoms with Gasteiger partial charge >= 0.3 is 0 Å². The summed E-state index contributed by atoms with van der Waals surface area (Å²) in [5, 5.41) is 3.34. The number of nitrogens with one attached hydrogen (secondary N) is 1. The molecule has 0 bridgehead atoms. The Labute approximate surface area is 128 Å². The second kappa shape index (κ2) is 7.31. The summed E-state index contributed by atoms with van der Waals surface area (Å²) in [6.07, 6.45) is 2.24. The van der Waals surface area contributed by atoms with Crippen molar-refractivity contribution >= 4 is 40.9 Å². The fourth-order valence-corrected chi connectivity index (χ4v) is 2.77. The van der Waals surface area contributed by atoms with E-state index in [-0.39, 0.29) is 18.3 Å². The molecular weight excluding hydrogens is 363 g/mol. The highest BCUT2D eigenvalue weighted by atomic mass is 127. The molecule has 1 heterocycles. The molecule has 0 aromatic heterocycles. The lowest BCUT2D eigenvalue weighted by Gasteiger charge is -2.32. The van der Waals surface area contributed by atoms with Crippen LogP contribution < -0.4 is 5.32 Å². The van der Waals surface area contributed by atoms with Crippen LogP contribution in [-0.4, -0.2) is 37.0 Å². The van der Waals surface area contributed by atoms with Crippen molar-refractivity contribution in [1.29, 1.82) is 0 Å². The molecule has 5 heteroatoms. The average Bonchev–Trinajstić information content (AvgIpc) is 2.39. The summed E-state index contributed by atoms with van der Waals surface area (Å²) >= 11 is 2.22. The lowest BCUT2D eigenvalue weighted by atomic mass is 10.1. The fourth-order valence-electron chi connectivity index (χ4n) is 2.15. The zero-order valence-corrected chi connectivity index (χ0v) is 13.3. The first-order chi connectivity index (χ1) is 8.20. The Hall–Kier alpha value is -0.330. The molecule has 1 fully saturated rings. The van der Waals surface area contributed by atoms with Crippen molar-refractivity contribution in [3.63, 3.8) is 0 Å². The van der Waals surface area contributed by atoms with Crippen molar-refractivity contribution in [3.8, 4) is 0 Å². The molecule has 1 amide bonds. The van der Waals surface area contributed by atoms with Gasteiger partial charge in [-0.1, -0.05) is 12.1 Å². The quantitative estimate of drug-likeness (QED) is 0.800. The SMILES string of the molecule is CN(C(=O)c1ccccc1I)[C@H]1CCCNC1.Cl. The maximum atomic E-state index is 12.4. The van der Waals surface area contributed by atoms with Gasteiger partial charge in [-0.2, -0.15) is 0 Å². The van der Waals surface area contributed by atoms with E-state index in [4.69, 9.17) is 0 Å². The monoisotopic (exact) mass is 380 g/mol. The summed E-state index contributed by atoms with van der Waals surface area (Å²) in [4.78, 5) is 14.2. The molecule has 1 atom stereocenters. The van der Waals surface area contributed by atoms with Gasteiger partial charge in [-0.25, -0.2) is 0 Å². The van der Waals surface area contributed by atoms with E-state index in [0.717, 1.165) is 35.1 Å². The maximum absolute atomic E-state index is 12.4. The fraction of sp³-hybridized carbons (Fsp3) is 0.462. The Kier molecular flexibility index (Phi) is 6.38. The summed E-state index contributed by atoms with van der Waals surface area (Å²) in [6, 6.07) is 8.08. The molecule has 18 heavy (non-hydrogen) atoms. The molecule has 1 aromatic carbocycles. The number of piperidine rings is 1. The summed E-state index contributed by atoms with van der Waals surface area (Å²) < 4.78 is 1.02. The van der Waals surface area contributed by atoms with Crippen LogP contribution in [0.4, 0.5) is 0 Å². The van der Waals surface area contributed by atoms with Crippen LogP contribution >= 0.6 is 35.0 Å². The molecule has 0 unspecified atom stereocenters. The number of amides is 1. The van der Waals surface area contributed by atoms with E-state index in [0.29, 0.717) is 6.04 Å². The van der Waals surface area contributed by atoms with Crippen LogP contribution in [0.1, 0.15) is 23.2 Å². The second-order valence-electron chi connectivity index (χ2n) is 4.40. The molecule has 0 radical (unpaired) electrons. The van der Waals surface area contributed by atoms with Gasteiger partial charge in [0.2, 0.25) is 0 Å². The average molecular weight is 381 g/mol. The third kappa shape index (κ3) is 3.59. The normalized spacial score (nSPS) is 18.9. The third-order valence-corrected chi connectivity index (χ3v) is 4.18. The Morgan fingerprint density at radius 2 is 2.17 bits per heavy atom. The van der Waals surface area contributed by atoms with Crippen molar-refractivity contribution in [2.24, 2.45) is 0 Å². The number of hydrogen-bond donors (Lipinski definition) is 1. The molecule has 1 saturated heterocycles. The topological polar surface area (TPSA) is 32.3 Å². The summed E-state index contributed by atoms with van der Waals surface area (Å²) in [7, 11) is 1.91. The Balaban J connectivity index is 0.00000162. The van der Waals surface area contributed by atoms with Gasteiger partial charge in [0.15, 0.2) is 0 Å². The lowest BCUT2D eigenvalue weighted by Crippen LogP contribution is -2.46. The smallest absolute Gasteiger partial charge is 0.254 e. The van der Waals surface area contributed by atoms with Gasteiger partial charge in [0, 0.05) is 23.2 Å². The van der Waals surface area contributed by atoms with Crippen molar-refractivity contribution in [2.75, 3.05) is 20.1 Å². The minimum atomic E-state index is 0. The van der Waals surface area contributed by atoms with Gasteiger partial charge in [-0.05, 0) is 54.1 Å². The van der Waals surface area contributed by atoms with Gasteiger partial charge in [-0.3, -0.25) is 4.79 Å². The number of hydrogen-bond acceptors (Lipinski definition) is 2. The molecule has 1 aromatic rings. The van der Waals surface area contributed by atoms with Crippen LogP contribution in [0.3, 0.4) is 0 Å². The van der Waals surface area contributed by atoms with Crippen LogP contribution in [0.15, 0.2) is 24.3 Å². The molecule has 1 aliphatic heterocycles. The minimum absolute atomic E-state index is 0. The van der Waals surface area contributed by atoms with Gasteiger partial charge in [-0.15, -0.1) is 12.4 Å². The van der Waals surface area contributed by atoms with Gasteiger partial charge < -0.3 is 10.2 Å². The van der Waals surface area contributed by atoms with Crippen LogP contribution in [0.2, 0.25) is 0 Å². The number of rotatable bonds is 2. The highest BCUT2D eigenvalue weighted by Crippen LogP contribution is 2.16. The molecule has 0 saturated carbocycles. The molecule has 0 aliphatic carbocycles. The molecule has 1 aliphatic rings. The molecular formula is C13H18ClIN2O. The summed E-state index contributed by atoms with van der Waals surface area (Å²) in [5.74, 6) is 0.128. The van der Waals surface area contributed by atoms with Crippen LogP contribution in [0, 0.1) is 3.57 Å². The first kappa shape index (κ1) is 15.7. The number of benzene rings is 1. The van der Waals surface area contributed by atoms with Crippen LogP contribution in [0.5, 0.6) is 0 Å². The maximum Gasteiger partial charge on any atom is 0.254 e. The second-order valence-corrected chi connectivity index (χ2v) is 5.56. The van der Waals surface area contributed by atoms with Crippen LogP contribution in [-0.2, 0) is 0 Å². The van der Waals surface area contributed by atoms with Crippen molar-refractivity contribution in [3.05, 3.63) is 33.4 Å². The first-order valence-electron chi connectivity index (χ1n) is 5.92. The van der Waals surface area contributed by atoms with E-state index in [1.807, 2.05) is 36.2 Å². The van der Waals surface area contributed by atoms with E-state index in [1.165, 1.54) is 0 Å². The molecule has 100 valence electrons. The standard InChI is InChI=1S/C13H17IN2O.ClH/c1-16(10-5-4-8-15-9-10)13(17)11-6-2-3-7-12(11)14;/h2-3,6-7,10,15H,4-5,8-9H2,1H3;1H/t10-;/m0./s1. The highest BCUT2D eigenvalue weighted by molar-refractivity contribution is 14.1. The van der Waals surface area contributed by atoms with E-state index in [9.17, 15) is 4.79 Å². The van der Waals surface area contributed by atoms with Crippen molar-refractivity contribution < 1.29 is 4.79 Å². The lowest BCUT2D eigenvalue weighted by molar-refractivity contribution is 0.0707. The molecule has 0 spiro atoms. The van der Waals surface area contributed by atoms with Gasteiger partial charge in [0.05, 0.1) is 5.56 Å². The van der Waals surface area contributed by atoms with E-state index in [1.54, 1.807) is 0 Å². The van der Waals surface area contributed by atoms with E-state index in [2.05, 4.69) is 27.9 Å². The predicted octanol–water partition coefficient (Wildman–Crippen LogP) is 2.54. The van der Waals surface area contributed by atoms with Gasteiger partial charge in [0.25, 0.3) is 5.91 Å². The van der Waals surface area contributed by atoms with Crippen molar-refractivity contribution in [2.45, 2.75) is 18.9 Å². The Bertz CT molecular complexity index is 408.